The minimum atomic E-state index is -0.125. The number of rotatable bonds is 4. The van der Waals surface area contributed by atoms with Crippen LogP contribution in [0.15, 0.2) is 42.0 Å². The molecular formula is C14H14N6O. The van der Waals surface area contributed by atoms with Gasteiger partial charge in [-0.05, 0) is 18.9 Å². The van der Waals surface area contributed by atoms with Crippen LogP contribution in [-0.4, -0.2) is 29.3 Å². The molecule has 3 heterocycles. The van der Waals surface area contributed by atoms with Gasteiger partial charge in [0.05, 0.1) is 0 Å². The van der Waals surface area contributed by atoms with Crippen molar-refractivity contribution in [2.75, 3.05) is 0 Å². The highest BCUT2D eigenvalue weighted by Crippen LogP contribution is 2.48. The van der Waals surface area contributed by atoms with E-state index in [-0.39, 0.29) is 11.0 Å². The Morgan fingerprint density at radius 2 is 1.95 bits per heavy atom. The molecular weight excluding hydrogens is 268 g/mol. The van der Waals surface area contributed by atoms with Crippen LogP contribution in [-0.2, 0) is 13.1 Å². The van der Waals surface area contributed by atoms with Crippen molar-refractivity contribution in [2.24, 2.45) is 5.41 Å². The van der Waals surface area contributed by atoms with Crippen molar-refractivity contribution in [2.45, 2.75) is 25.9 Å². The predicted molar refractivity (Wildman–Crippen MR) is 75.5 cm³/mol. The van der Waals surface area contributed by atoms with Gasteiger partial charge in [0.15, 0.2) is 11.2 Å². The van der Waals surface area contributed by atoms with E-state index >= 15 is 0 Å². The van der Waals surface area contributed by atoms with Crippen LogP contribution in [0.4, 0.5) is 0 Å². The second-order valence-corrected chi connectivity index (χ2v) is 5.61. The first-order chi connectivity index (χ1) is 10.3. The molecule has 0 amide bonds. The van der Waals surface area contributed by atoms with E-state index in [9.17, 15) is 4.79 Å². The van der Waals surface area contributed by atoms with Gasteiger partial charge in [-0.3, -0.25) is 14.0 Å². The summed E-state index contributed by atoms with van der Waals surface area (Å²) >= 11 is 0. The van der Waals surface area contributed by atoms with Crippen molar-refractivity contribution in [3.63, 3.8) is 0 Å². The van der Waals surface area contributed by atoms with Gasteiger partial charge in [0.25, 0.3) is 5.56 Å². The highest BCUT2D eigenvalue weighted by atomic mass is 16.1. The summed E-state index contributed by atoms with van der Waals surface area (Å²) < 4.78 is 3.57. The fourth-order valence-electron chi connectivity index (χ4n) is 2.64. The minimum absolute atomic E-state index is 0.105. The Bertz CT molecular complexity index is 834. The topological polar surface area (TPSA) is 78.5 Å². The third kappa shape index (κ3) is 2.20. The maximum atomic E-state index is 12.4. The molecule has 3 aromatic rings. The van der Waals surface area contributed by atoms with Crippen LogP contribution in [0, 0.1) is 5.41 Å². The summed E-state index contributed by atoms with van der Waals surface area (Å²) in [4.78, 5) is 24.8. The van der Waals surface area contributed by atoms with Crippen molar-refractivity contribution >= 4 is 11.2 Å². The second-order valence-electron chi connectivity index (χ2n) is 5.61. The molecule has 0 radical (unpaired) electrons. The second kappa shape index (κ2) is 4.47. The Hall–Kier alpha value is -2.57. The molecule has 0 bridgehead atoms. The van der Waals surface area contributed by atoms with Gasteiger partial charge in [0, 0.05) is 43.3 Å². The van der Waals surface area contributed by atoms with Crippen LogP contribution in [0.25, 0.3) is 11.2 Å². The van der Waals surface area contributed by atoms with E-state index in [0.717, 1.165) is 19.4 Å². The zero-order valence-corrected chi connectivity index (χ0v) is 11.4. The monoisotopic (exact) mass is 282 g/mol. The van der Waals surface area contributed by atoms with Gasteiger partial charge in [0.1, 0.15) is 6.33 Å². The molecule has 0 unspecified atom stereocenters. The normalized spacial score (nSPS) is 16.2. The maximum absolute atomic E-state index is 12.4. The predicted octanol–water partition coefficient (Wildman–Crippen LogP) is 0.863. The first-order valence-electron chi connectivity index (χ1n) is 6.89. The van der Waals surface area contributed by atoms with Gasteiger partial charge in [-0.15, -0.1) is 0 Å². The smallest absolute Gasteiger partial charge is 0.281 e. The molecule has 7 nitrogen and oxygen atoms in total. The summed E-state index contributed by atoms with van der Waals surface area (Å²) in [5, 5.41) is 4.25. The lowest BCUT2D eigenvalue weighted by Gasteiger charge is -2.16. The summed E-state index contributed by atoms with van der Waals surface area (Å²) in [6.07, 6.45) is 10.5. The van der Waals surface area contributed by atoms with Gasteiger partial charge in [-0.25, -0.2) is 15.0 Å². The molecule has 3 aromatic heterocycles. The molecule has 0 saturated heterocycles. The van der Waals surface area contributed by atoms with Gasteiger partial charge in [-0.1, -0.05) is 0 Å². The Balaban J connectivity index is 1.65. The minimum Gasteiger partial charge on any atom is -0.297 e. The summed E-state index contributed by atoms with van der Waals surface area (Å²) in [6, 6.07) is 1.91. The van der Waals surface area contributed by atoms with Crippen molar-refractivity contribution in [3.8, 4) is 0 Å². The fraction of sp³-hybridized carbons (Fsp3) is 0.357. The van der Waals surface area contributed by atoms with E-state index in [2.05, 4.69) is 20.1 Å². The lowest BCUT2D eigenvalue weighted by molar-refractivity contribution is 0.339. The van der Waals surface area contributed by atoms with Crippen LogP contribution in [0.2, 0.25) is 0 Å². The molecule has 1 aliphatic carbocycles. The molecule has 106 valence electrons. The molecule has 0 N–H and O–H groups in total. The molecule has 7 heteroatoms. The van der Waals surface area contributed by atoms with Crippen molar-refractivity contribution in [3.05, 3.63) is 47.5 Å². The first kappa shape index (κ1) is 12.2. The standard InChI is InChI=1S/C14H14N6O/c21-13-11-12(16-6-5-15-11)17-10-19(13)8-14(2-3-14)9-20-7-1-4-18-20/h1,4-7,10H,2-3,8-9H2. The van der Waals surface area contributed by atoms with E-state index in [1.54, 1.807) is 23.3 Å². The van der Waals surface area contributed by atoms with E-state index < -0.39 is 0 Å². The van der Waals surface area contributed by atoms with Crippen LogP contribution in [0.3, 0.4) is 0 Å². The summed E-state index contributed by atoms with van der Waals surface area (Å²) in [5.41, 5.74) is 0.707. The SMILES string of the molecule is O=c1c2nccnc2ncn1CC1(Cn2cccn2)CC1. The molecule has 1 fully saturated rings. The number of nitrogens with zero attached hydrogens (tertiary/aromatic N) is 6. The lowest BCUT2D eigenvalue weighted by Crippen LogP contribution is -2.28. The van der Waals surface area contributed by atoms with Crippen molar-refractivity contribution in [1.29, 1.82) is 0 Å². The fourth-order valence-corrected chi connectivity index (χ4v) is 2.64. The molecule has 0 aliphatic heterocycles. The van der Waals surface area contributed by atoms with Crippen molar-refractivity contribution in [1.82, 2.24) is 29.3 Å². The number of fused-ring (bicyclic) bond motifs is 1. The van der Waals surface area contributed by atoms with E-state index in [0.29, 0.717) is 17.7 Å². The zero-order chi connectivity index (χ0) is 14.3. The van der Waals surface area contributed by atoms with Gasteiger partial charge in [-0.2, -0.15) is 5.10 Å². The average molecular weight is 282 g/mol. The van der Waals surface area contributed by atoms with Crippen LogP contribution in [0.1, 0.15) is 12.8 Å². The summed E-state index contributed by atoms with van der Waals surface area (Å²) in [5.74, 6) is 0. The Labute approximate surface area is 120 Å². The van der Waals surface area contributed by atoms with E-state index in [1.165, 1.54) is 6.20 Å². The van der Waals surface area contributed by atoms with Gasteiger partial charge >= 0.3 is 0 Å². The summed E-state index contributed by atoms with van der Waals surface area (Å²) in [7, 11) is 0. The average Bonchev–Trinajstić information content (AvgIpc) is 3.05. The maximum Gasteiger partial charge on any atom is 0.281 e. The molecule has 0 aromatic carbocycles. The first-order valence-corrected chi connectivity index (χ1v) is 6.89. The highest BCUT2D eigenvalue weighted by Gasteiger charge is 2.43. The van der Waals surface area contributed by atoms with Crippen LogP contribution >= 0.6 is 0 Å². The third-order valence-corrected chi connectivity index (χ3v) is 3.98. The van der Waals surface area contributed by atoms with Crippen molar-refractivity contribution < 1.29 is 0 Å². The Morgan fingerprint density at radius 3 is 2.71 bits per heavy atom. The third-order valence-electron chi connectivity index (χ3n) is 3.98. The van der Waals surface area contributed by atoms with Crippen LogP contribution in [0.5, 0.6) is 0 Å². The van der Waals surface area contributed by atoms with E-state index in [4.69, 9.17) is 0 Å². The Kier molecular flexibility index (Phi) is 2.60. The van der Waals surface area contributed by atoms with E-state index in [1.807, 2.05) is 16.9 Å². The molecule has 1 saturated carbocycles. The van der Waals surface area contributed by atoms with Crippen LogP contribution < -0.4 is 5.56 Å². The quantitative estimate of drug-likeness (QED) is 0.709. The lowest BCUT2D eigenvalue weighted by atomic mass is 10.1. The highest BCUT2D eigenvalue weighted by molar-refractivity contribution is 5.66. The Morgan fingerprint density at radius 1 is 1.10 bits per heavy atom. The number of hydrogen-bond donors (Lipinski definition) is 0. The summed E-state index contributed by atoms with van der Waals surface area (Å²) in [6.45, 7) is 1.47. The molecule has 0 atom stereocenters. The van der Waals surface area contributed by atoms with Gasteiger partial charge in [0.2, 0.25) is 0 Å². The molecule has 0 spiro atoms. The number of aromatic nitrogens is 6. The molecule has 21 heavy (non-hydrogen) atoms. The molecule has 1 aliphatic rings. The van der Waals surface area contributed by atoms with Gasteiger partial charge < -0.3 is 0 Å². The zero-order valence-electron chi connectivity index (χ0n) is 11.4. The largest absolute Gasteiger partial charge is 0.297 e. The number of hydrogen-bond acceptors (Lipinski definition) is 5. The molecule has 4 rings (SSSR count).